The Kier molecular flexibility index (Phi) is 11.6. The van der Waals surface area contributed by atoms with Crippen molar-refractivity contribution in [3.8, 4) is 11.4 Å². The van der Waals surface area contributed by atoms with Crippen LogP contribution in [0.2, 0.25) is 30.7 Å². The molecule has 12 nitrogen and oxygen atoms in total. The summed E-state index contributed by atoms with van der Waals surface area (Å²) in [7, 11) is 0.124. The second kappa shape index (κ2) is 16.4. The molecule has 0 unspecified atom stereocenters. The first-order valence-electron chi connectivity index (χ1n) is 18.5. The van der Waals surface area contributed by atoms with Gasteiger partial charge in [-0.2, -0.15) is 0 Å². The fourth-order valence-corrected chi connectivity index (χ4v) is 8.83. The number of carbonyl (C=O) groups is 2. The first kappa shape index (κ1) is 38.8. The fourth-order valence-electron chi connectivity index (χ4n) is 7.22. The summed E-state index contributed by atoms with van der Waals surface area (Å²) in [6.45, 7) is 12.9. The van der Waals surface area contributed by atoms with Crippen LogP contribution in [0.25, 0.3) is 11.4 Å². The van der Waals surface area contributed by atoms with Crippen LogP contribution >= 0.6 is 22.9 Å². The zero-order valence-electron chi connectivity index (χ0n) is 31.7. The van der Waals surface area contributed by atoms with Crippen molar-refractivity contribution in [3.05, 3.63) is 98.6 Å². The number of aliphatic imine (C=N–C) groups is 1. The van der Waals surface area contributed by atoms with Crippen molar-refractivity contribution in [3.63, 3.8) is 0 Å². The van der Waals surface area contributed by atoms with Crippen LogP contribution < -0.4 is 10.2 Å². The van der Waals surface area contributed by atoms with Gasteiger partial charge in [0.1, 0.15) is 24.4 Å². The minimum atomic E-state index is -1.20. The molecular weight excluding hydrogens is 759 g/mol. The van der Waals surface area contributed by atoms with Gasteiger partial charge >= 0.3 is 12.0 Å². The van der Waals surface area contributed by atoms with Gasteiger partial charge in [0.2, 0.25) is 0 Å². The molecule has 3 aliphatic heterocycles. The number of halogens is 2. The van der Waals surface area contributed by atoms with Gasteiger partial charge < -0.3 is 24.3 Å². The maximum Gasteiger partial charge on any atom is 0.338 e. The Labute approximate surface area is 330 Å². The molecule has 7 rings (SSSR count). The van der Waals surface area contributed by atoms with Crippen molar-refractivity contribution < 1.29 is 23.5 Å². The molecule has 16 heteroatoms. The van der Waals surface area contributed by atoms with E-state index in [1.807, 2.05) is 45.6 Å². The number of ether oxygens (including phenoxy) is 2. The largest absolute Gasteiger partial charge is 0.466 e. The third-order valence-corrected chi connectivity index (χ3v) is 13.0. The summed E-state index contributed by atoms with van der Waals surface area (Å²) in [5, 5.41) is 6.00. The van der Waals surface area contributed by atoms with Crippen molar-refractivity contribution in [1.29, 1.82) is 0 Å². The summed E-state index contributed by atoms with van der Waals surface area (Å²) in [5.41, 5.74) is 4.25. The number of hydrogen-bond acceptors (Lipinski definition) is 10. The van der Waals surface area contributed by atoms with Gasteiger partial charge in [-0.15, -0.1) is 11.3 Å². The number of benzene rings is 2. The maximum atomic E-state index is 14.1. The van der Waals surface area contributed by atoms with Gasteiger partial charge in [0.05, 0.1) is 18.7 Å². The highest BCUT2D eigenvalue weighted by Crippen LogP contribution is 2.37. The summed E-state index contributed by atoms with van der Waals surface area (Å²) < 4.78 is 27.6. The normalized spacial score (nSPS) is 19.1. The SMILES string of the molecule is CCc1cnc(-c2ccc(N3C[C@@H]4CN(CC5=C(C(=O)OC)[C@H](c6ccc(F)cc6Cl)N=C(c6nccs6)N5)CCN4C3=O)cc2)n1COCC[Si](C)(C)C. The van der Waals surface area contributed by atoms with E-state index < -0.39 is 25.9 Å². The predicted molar refractivity (Wildman–Crippen MR) is 216 cm³/mol. The number of anilines is 1. The van der Waals surface area contributed by atoms with Crippen LogP contribution in [0.5, 0.6) is 0 Å². The molecule has 4 aromatic rings. The molecule has 1 N–H and O–H groups in total. The van der Waals surface area contributed by atoms with E-state index in [9.17, 15) is 14.0 Å². The van der Waals surface area contributed by atoms with Crippen molar-refractivity contribution >= 4 is 54.5 Å². The van der Waals surface area contributed by atoms with E-state index in [0.29, 0.717) is 61.6 Å². The number of fused-ring (bicyclic) bond motifs is 1. The van der Waals surface area contributed by atoms with Crippen LogP contribution in [0.4, 0.5) is 14.9 Å². The van der Waals surface area contributed by atoms with Crippen LogP contribution in [0, 0.1) is 5.82 Å². The summed E-state index contributed by atoms with van der Waals surface area (Å²) in [6.07, 6.45) is 4.44. The molecule has 5 heterocycles. The highest BCUT2D eigenvalue weighted by molar-refractivity contribution is 7.11. The lowest BCUT2D eigenvalue weighted by Gasteiger charge is -2.38. The first-order chi connectivity index (χ1) is 26.4. The van der Waals surface area contributed by atoms with E-state index in [2.05, 4.69) is 46.3 Å². The summed E-state index contributed by atoms with van der Waals surface area (Å²) in [5.74, 6) is 0.273. The minimum Gasteiger partial charge on any atom is -0.466 e. The molecule has 0 radical (unpaired) electrons. The number of hydrogen-bond donors (Lipinski definition) is 1. The van der Waals surface area contributed by atoms with Gasteiger partial charge in [0.25, 0.3) is 0 Å². The fraction of sp³-hybridized carbons (Fsp3) is 0.410. The maximum absolute atomic E-state index is 14.1. The monoisotopic (exact) mass is 804 g/mol. The standard InChI is InChI=1S/C39H46ClFN8O4SSi/c1-6-27-20-43-36(49(27)24-53-16-18-55(3,4)5)25-7-10-28(11-8-25)48-22-29-21-46(14-15-47(29)39(48)51)23-32-33(38(50)52-2)34(30-12-9-26(41)19-31(30)40)45-35(44-32)37-42-13-17-54-37/h7-13,17,19-20,29,34H,6,14-16,18,21-24H2,1-5H3,(H,44,45)/t29-,34-/m0/s1. The number of amides is 2. The molecule has 2 aromatic carbocycles. The molecule has 0 bridgehead atoms. The molecule has 2 aromatic heterocycles. The molecule has 2 saturated heterocycles. The predicted octanol–water partition coefficient (Wildman–Crippen LogP) is 6.82. The second-order valence-electron chi connectivity index (χ2n) is 15.1. The van der Waals surface area contributed by atoms with Crippen LogP contribution in [-0.2, 0) is 27.4 Å². The van der Waals surface area contributed by atoms with Gasteiger partial charge in [-0.05, 0) is 48.9 Å². The highest BCUT2D eigenvalue weighted by atomic mass is 35.5. The molecule has 290 valence electrons. The van der Waals surface area contributed by atoms with Crippen LogP contribution in [0.15, 0.2) is 76.5 Å². The third-order valence-electron chi connectivity index (χ3n) is 10.2. The Hall–Kier alpha value is -4.41. The van der Waals surface area contributed by atoms with E-state index in [0.717, 1.165) is 41.8 Å². The number of urea groups is 1. The smallest absolute Gasteiger partial charge is 0.338 e. The first-order valence-corrected chi connectivity index (χ1v) is 23.4. The molecule has 2 atom stereocenters. The molecule has 3 aliphatic rings. The number of amidine groups is 1. The molecule has 55 heavy (non-hydrogen) atoms. The number of aryl methyl sites for hydroxylation is 1. The van der Waals surface area contributed by atoms with Crippen molar-refractivity contribution in [2.75, 3.05) is 51.3 Å². The van der Waals surface area contributed by atoms with Crippen LogP contribution in [-0.4, -0.2) is 103 Å². The number of piperazine rings is 1. The number of aromatic nitrogens is 3. The lowest BCUT2D eigenvalue weighted by molar-refractivity contribution is -0.136. The van der Waals surface area contributed by atoms with Crippen LogP contribution in [0.3, 0.4) is 0 Å². The topological polar surface area (TPSA) is 117 Å². The van der Waals surface area contributed by atoms with Crippen LogP contribution in [0.1, 0.15) is 29.2 Å². The zero-order valence-corrected chi connectivity index (χ0v) is 34.3. The Morgan fingerprint density at radius 2 is 1.91 bits per heavy atom. The number of esters is 1. The molecule has 2 amide bonds. The average Bonchev–Trinajstić information content (AvgIpc) is 3.92. The lowest BCUT2D eigenvalue weighted by atomic mass is 9.95. The zero-order chi connectivity index (χ0) is 38.9. The highest BCUT2D eigenvalue weighted by Gasteiger charge is 2.42. The Morgan fingerprint density at radius 3 is 2.60 bits per heavy atom. The van der Waals surface area contributed by atoms with E-state index in [1.54, 1.807) is 12.3 Å². The van der Waals surface area contributed by atoms with E-state index in [-0.39, 0.29) is 22.7 Å². The van der Waals surface area contributed by atoms with E-state index >= 15 is 0 Å². The van der Waals surface area contributed by atoms with Gasteiger partial charge in [-0.1, -0.05) is 44.2 Å². The van der Waals surface area contributed by atoms with Crippen molar-refractivity contribution in [2.45, 2.75) is 57.8 Å². The van der Waals surface area contributed by atoms with E-state index in [4.69, 9.17) is 31.1 Å². The third kappa shape index (κ3) is 8.40. The Balaban J connectivity index is 1.08. The minimum absolute atomic E-state index is 0.0302. The number of methoxy groups -OCH3 is 1. The lowest BCUT2D eigenvalue weighted by Crippen LogP contribution is -2.53. The summed E-state index contributed by atoms with van der Waals surface area (Å²) in [6, 6.07) is 12.2. The molecule has 0 aliphatic carbocycles. The molecular formula is C39H46ClFN8O4SSi. The molecule has 0 spiro atoms. The number of rotatable bonds is 13. The summed E-state index contributed by atoms with van der Waals surface area (Å²) >= 11 is 7.94. The van der Waals surface area contributed by atoms with Gasteiger partial charge in [0, 0.05) is 98.4 Å². The number of nitrogens with zero attached hydrogens (tertiary/aromatic N) is 7. The second-order valence-corrected chi connectivity index (χ2v) is 22.0. The van der Waals surface area contributed by atoms with E-state index in [1.165, 1.54) is 30.6 Å². The van der Waals surface area contributed by atoms with Crippen molar-refractivity contribution in [1.82, 2.24) is 29.7 Å². The Morgan fingerprint density at radius 1 is 1.11 bits per heavy atom. The molecule has 0 saturated carbocycles. The van der Waals surface area contributed by atoms with Gasteiger partial charge in [-0.3, -0.25) is 14.8 Å². The number of imidazole rings is 1. The van der Waals surface area contributed by atoms with Crippen molar-refractivity contribution in [2.24, 2.45) is 4.99 Å². The summed E-state index contributed by atoms with van der Waals surface area (Å²) in [4.78, 5) is 47.2. The van der Waals surface area contributed by atoms with Gasteiger partial charge in [0.15, 0.2) is 10.8 Å². The Bertz CT molecular complexity index is 2100. The number of thiazole rings is 1. The van der Waals surface area contributed by atoms with Gasteiger partial charge in [-0.25, -0.2) is 23.9 Å². The number of nitrogens with one attached hydrogen (secondary N) is 1. The molecule has 2 fully saturated rings. The average molecular weight is 805 g/mol. The quantitative estimate of drug-likeness (QED) is 0.0890. The number of carbonyl (C=O) groups excluding carboxylic acids is 2.